The average Bonchev–Trinajstić information content (AvgIpc) is 2.17. The fourth-order valence-electron chi connectivity index (χ4n) is 1.18. The van der Waals surface area contributed by atoms with Gasteiger partial charge in [0.1, 0.15) is 6.79 Å². The van der Waals surface area contributed by atoms with Gasteiger partial charge in [0.15, 0.2) is 0 Å². The van der Waals surface area contributed by atoms with E-state index in [1.807, 2.05) is 0 Å². The van der Waals surface area contributed by atoms with Crippen LogP contribution in [0.15, 0.2) is 0 Å². The first-order valence-corrected chi connectivity index (χ1v) is 5.08. The minimum absolute atomic E-state index is 0.224. The zero-order chi connectivity index (χ0) is 9.73. The predicted molar refractivity (Wildman–Crippen MR) is 52.7 cm³/mol. The Morgan fingerprint density at radius 2 is 2.23 bits per heavy atom. The molecule has 1 N–H and O–H groups in total. The van der Waals surface area contributed by atoms with Crippen LogP contribution >= 0.6 is 0 Å². The van der Waals surface area contributed by atoms with Crippen LogP contribution in [0.2, 0.25) is 0 Å². The van der Waals surface area contributed by atoms with E-state index in [-0.39, 0.29) is 5.54 Å². The molecule has 1 saturated heterocycles. The Morgan fingerprint density at radius 3 is 2.77 bits per heavy atom. The first kappa shape index (κ1) is 11.0. The molecule has 0 spiro atoms. The van der Waals surface area contributed by atoms with E-state index in [1.54, 1.807) is 0 Å². The van der Waals surface area contributed by atoms with Crippen molar-refractivity contribution in [3.8, 4) is 0 Å². The highest BCUT2D eigenvalue weighted by molar-refractivity contribution is 4.77. The molecule has 0 radical (unpaired) electrons. The molecule has 1 heterocycles. The van der Waals surface area contributed by atoms with Crippen LogP contribution in [-0.4, -0.2) is 31.6 Å². The standard InChI is InChI=1S/C10H21NO2/c1-4-10(2,3)11-7-9-5-6-12-8-13-9/h9,11H,4-8H2,1-3H3. The number of hydrogen-bond acceptors (Lipinski definition) is 3. The molecular weight excluding hydrogens is 166 g/mol. The van der Waals surface area contributed by atoms with E-state index in [9.17, 15) is 0 Å². The van der Waals surface area contributed by atoms with E-state index in [0.717, 1.165) is 26.0 Å². The molecule has 0 aliphatic carbocycles. The number of ether oxygens (including phenoxy) is 2. The fourth-order valence-corrected chi connectivity index (χ4v) is 1.18. The number of nitrogens with one attached hydrogen (secondary N) is 1. The van der Waals surface area contributed by atoms with Crippen molar-refractivity contribution in [2.45, 2.75) is 45.3 Å². The summed E-state index contributed by atoms with van der Waals surface area (Å²) in [6, 6.07) is 0. The molecule has 0 amide bonds. The van der Waals surface area contributed by atoms with Gasteiger partial charge in [0.25, 0.3) is 0 Å². The van der Waals surface area contributed by atoms with Gasteiger partial charge in [0.05, 0.1) is 12.7 Å². The second kappa shape index (κ2) is 4.94. The van der Waals surface area contributed by atoms with Crippen molar-refractivity contribution in [1.29, 1.82) is 0 Å². The molecule has 1 aliphatic rings. The third kappa shape index (κ3) is 4.07. The Hall–Kier alpha value is -0.120. The lowest BCUT2D eigenvalue weighted by Gasteiger charge is -2.29. The summed E-state index contributed by atoms with van der Waals surface area (Å²) in [5.41, 5.74) is 0.224. The zero-order valence-electron chi connectivity index (χ0n) is 8.93. The number of hydrogen-bond donors (Lipinski definition) is 1. The van der Waals surface area contributed by atoms with Crippen LogP contribution in [0.5, 0.6) is 0 Å². The Bertz CT molecular complexity index is 142. The summed E-state index contributed by atoms with van der Waals surface area (Å²) in [4.78, 5) is 0. The molecule has 0 aromatic heterocycles. The van der Waals surface area contributed by atoms with Crippen molar-refractivity contribution in [1.82, 2.24) is 5.32 Å². The lowest BCUT2D eigenvalue weighted by Crippen LogP contribution is -2.44. The summed E-state index contributed by atoms with van der Waals surface area (Å²) < 4.78 is 10.5. The molecule has 3 heteroatoms. The maximum Gasteiger partial charge on any atom is 0.147 e. The Morgan fingerprint density at radius 1 is 1.46 bits per heavy atom. The van der Waals surface area contributed by atoms with Gasteiger partial charge in [0, 0.05) is 12.1 Å². The summed E-state index contributed by atoms with van der Waals surface area (Å²) in [5, 5.41) is 3.50. The second-order valence-electron chi connectivity index (χ2n) is 4.22. The molecule has 0 aromatic carbocycles. The van der Waals surface area contributed by atoms with Gasteiger partial charge in [0.2, 0.25) is 0 Å². The first-order chi connectivity index (χ1) is 6.14. The van der Waals surface area contributed by atoms with Gasteiger partial charge in [-0.2, -0.15) is 0 Å². The molecule has 3 nitrogen and oxygen atoms in total. The van der Waals surface area contributed by atoms with E-state index in [4.69, 9.17) is 9.47 Å². The van der Waals surface area contributed by atoms with Gasteiger partial charge in [-0.15, -0.1) is 0 Å². The molecule has 1 unspecified atom stereocenters. The molecule has 1 rings (SSSR count). The third-order valence-electron chi connectivity index (χ3n) is 2.66. The van der Waals surface area contributed by atoms with Gasteiger partial charge in [-0.25, -0.2) is 0 Å². The van der Waals surface area contributed by atoms with Crippen LogP contribution in [-0.2, 0) is 9.47 Å². The quantitative estimate of drug-likeness (QED) is 0.724. The van der Waals surface area contributed by atoms with E-state index >= 15 is 0 Å². The summed E-state index contributed by atoms with van der Waals surface area (Å²) >= 11 is 0. The van der Waals surface area contributed by atoms with Crippen LogP contribution in [0.3, 0.4) is 0 Å². The topological polar surface area (TPSA) is 30.5 Å². The van der Waals surface area contributed by atoms with Crippen LogP contribution in [0, 0.1) is 0 Å². The SMILES string of the molecule is CCC(C)(C)NCC1CCOCO1. The third-order valence-corrected chi connectivity index (χ3v) is 2.66. The molecular formula is C10H21NO2. The van der Waals surface area contributed by atoms with Gasteiger partial charge >= 0.3 is 0 Å². The van der Waals surface area contributed by atoms with Crippen molar-refractivity contribution in [2.24, 2.45) is 0 Å². The predicted octanol–water partition coefficient (Wildman–Crippen LogP) is 1.53. The minimum atomic E-state index is 0.224. The normalized spacial score (nSPS) is 24.7. The Labute approximate surface area is 80.8 Å². The second-order valence-corrected chi connectivity index (χ2v) is 4.22. The molecule has 78 valence electrons. The highest BCUT2D eigenvalue weighted by Gasteiger charge is 2.19. The maximum absolute atomic E-state index is 5.43. The highest BCUT2D eigenvalue weighted by Crippen LogP contribution is 2.10. The van der Waals surface area contributed by atoms with Gasteiger partial charge in [-0.3, -0.25) is 0 Å². The molecule has 0 bridgehead atoms. The lowest BCUT2D eigenvalue weighted by atomic mass is 10.0. The van der Waals surface area contributed by atoms with Crippen molar-refractivity contribution >= 4 is 0 Å². The van der Waals surface area contributed by atoms with Crippen molar-refractivity contribution < 1.29 is 9.47 Å². The van der Waals surface area contributed by atoms with Crippen molar-refractivity contribution in [3.63, 3.8) is 0 Å². The van der Waals surface area contributed by atoms with Gasteiger partial charge in [-0.1, -0.05) is 6.92 Å². The van der Waals surface area contributed by atoms with Crippen LogP contribution < -0.4 is 5.32 Å². The van der Waals surface area contributed by atoms with Crippen LogP contribution in [0.25, 0.3) is 0 Å². The molecule has 0 aromatic rings. The molecule has 1 fully saturated rings. The molecule has 1 aliphatic heterocycles. The zero-order valence-corrected chi connectivity index (χ0v) is 8.93. The summed E-state index contributed by atoms with van der Waals surface area (Å²) in [7, 11) is 0. The number of rotatable bonds is 4. The lowest BCUT2D eigenvalue weighted by molar-refractivity contribution is -0.138. The summed E-state index contributed by atoms with van der Waals surface area (Å²) in [6.45, 7) is 8.85. The fraction of sp³-hybridized carbons (Fsp3) is 1.00. The Balaban J connectivity index is 2.17. The van der Waals surface area contributed by atoms with Gasteiger partial charge in [-0.05, 0) is 26.7 Å². The van der Waals surface area contributed by atoms with Crippen LogP contribution in [0.4, 0.5) is 0 Å². The largest absolute Gasteiger partial charge is 0.355 e. The first-order valence-electron chi connectivity index (χ1n) is 5.08. The summed E-state index contributed by atoms with van der Waals surface area (Å²) in [6.07, 6.45) is 2.47. The van der Waals surface area contributed by atoms with Crippen molar-refractivity contribution in [2.75, 3.05) is 19.9 Å². The van der Waals surface area contributed by atoms with E-state index in [2.05, 4.69) is 26.1 Å². The van der Waals surface area contributed by atoms with E-state index in [0.29, 0.717) is 12.9 Å². The maximum atomic E-state index is 5.43. The van der Waals surface area contributed by atoms with Crippen LogP contribution in [0.1, 0.15) is 33.6 Å². The Kier molecular flexibility index (Phi) is 4.16. The molecule has 13 heavy (non-hydrogen) atoms. The van der Waals surface area contributed by atoms with E-state index < -0.39 is 0 Å². The molecule has 0 saturated carbocycles. The van der Waals surface area contributed by atoms with E-state index in [1.165, 1.54) is 0 Å². The smallest absolute Gasteiger partial charge is 0.147 e. The summed E-state index contributed by atoms with van der Waals surface area (Å²) in [5.74, 6) is 0. The monoisotopic (exact) mass is 187 g/mol. The van der Waals surface area contributed by atoms with Gasteiger partial charge < -0.3 is 14.8 Å². The van der Waals surface area contributed by atoms with Crippen molar-refractivity contribution in [3.05, 3.63) is 0 Å². The highest BCUT2D eigenvalue weighted by atomic mass is 16.7. The average molecular weight is 187 g/mol. The minimum Gasteiger partial charge on any atom is -0.355 e. The molecule has 1 atom stereocenters.